The SMILES string of the molecule is CCOc1ccc(NC(=O)c2ccccc2NC(=O)CSc2ccccn2)cc1. The smallest absolute Gasteiger partial charge is 0.257 e. The third-order valence-corrected chi connectivity index (χ3v) is 4.80. The Labute approximate surface area is 173 Å². The molecule has 0 spiro atoms. The largest absolute Gasteiger partial charge is 0.494 e. The highest BCUT2D eigenvalue weighted by Gasteiger charge is 2.14. The van der Waals surface area contributed by atoms with Crippen molar-refractivity contribution in [2.75, 3.05) is 23.0 Å². The van der Waals surface area contributed by atoms with E-state index < -0.39 is 0 Å². The van der Waals surface area contributed by atoms with E-state index in [-0.39, 0.29) is 17.6 Å². The number of para-hydroxylation sites is 1. The summed E-state index contributed by atoms with van der Waals surface area (Å²) in [6, 6.07) is 19.6. The molecular weight excluding hydrogens is 386 g/mol. The first-order valence-corrected chi connectivity index (χ1v) is 10.1. The molecule has 0 atom stereocenters. The van der Waals surface area contributed by atoms with Gasteiger partial charge in [0.25, 0.3) is 5.91 Å². The molecule has 0 saturated heterocycles. The highest BCUT2D eigenvalue weighted by atomic mass is 32.2. The molecule has 0 aliphatic rings. The number of carbonyl (C=O) groups excluding carboxylic acids is 2. The standard InChI is InChI=1S/C22H21N3O3S/c1-2-28-17-12-10-16(11-13-17)24-22(27)18-7-3-4-8-19(18)25-20(26)15-29-21-9-5-6-14-23-21/h3-14H,2,15H2,1H3,(H,24,27)(H,25,26). The average molecular weight is 407 g/mol. The number of hydrogen-bond acceptors (Lipinski definition) is 5. The van der Waals surface area contributed by atoms with Crippen LogP contribution in [0, 0.1) is 0 Å². The van der Waals surface area contributed by atoms with E-state index >= 15 is 0 Å². The summed E-state index contributed by atoms with van der Waals surface area (Å²) in [6.45, 7) is 2.49. The molecule has 2 N–H and O–H groups in total. The number of nitrogens with one attached hydrogen (secondary N) is 2. The molecule has 3 aromatic rings. The third kappa shape index (κ3) is 6.08. The van der Waals surface area contributed by atoms with Crippen LogP contribution in [0.3, 0.4) is 0 Å². The Hall–Kier alpha value is -3.32. The van der Waals surface area contributed by atoms with Gasteiger partial charge in [-0.15, -0.1) is 0 Å². The molecule has 0 aliphatic heterocycles. The zero-order valence-corrected chi connectivity index (χ0v) is 16.7. The van der Waals surface area contributed by atoms with Crippen molar-refractivity contribution in [3.63, 3.8) is 0 Å². The molecule has 0 aliphatic carbocycles. The van der Waals surface area contributed by atoms with Crippen LogP contribution in [0.1, 0.15) is 17.3 Å². The lowest BCUT2D eigenvalue weighted by molar-refractivity contribution is -0.113. The fraction of sp³-hybridized carbons (Fsp3) is 0.136. The molecule has 2 amide bonds. The second-order valence-electron chi connectivity index (χ2n) is 5.96. The van der Waals surface area contributed by atoms with Gasteiger partial charge < -0.3 is 15.4 Å². The lowest BCUT2D eigenvalue weighted by Gasteiger charge is -2.12. The molecule has 0 radical (unpaired) electrons. The van der Waals surface area contributed by atoms with Crippen molar-refractivity contribution < 1.29 is 14.3 Å². The summed E-state index contributed by atoms with van der Waals surface area (Å²) in [6.07, 6.45) is 1.68. The van der Waals surface area contributed by atoms with Crippen molar-refractivity contribution in [1.82, 2.24) is 4.98 Å². The maximum Gasteiger partial charge on any atom is 0.257 e. The van der Waals surface area contributed by atoms with E-state index in [2.05, 4.69) is 15.6 Å². The Morgan fingerprint density at radius 3 is 2.45 bits per heavy atom. The molecule has 148 valence electrons. The summed E-state index contributed by atoms with van der Waals surface area (Å²) in [4.78, 5) is 29.2. The van der Waals surface area contributed by atoms with Gasteiger partial charge in [0.2, 0.25) is 5.91 Å². The number of rotatable bonds is 8. The highest BCUT2D eigenvalue weighted by molar-refractivity contribution is 7.99. The predicted molar refractivity (Wildman–Crippen MR) is 116 cm³/mol. The highest BCUT2D eigenvalue weighted by Crippen LogP contribution is 2.21. The van der Waals surface area contributed by atoms with Gasteiger partial charge in [-0.25, -0.2) is 4.98 Å². The molecule has 6 nitrogen and oxygen atoms in total. The molecule has 1 aromatic heterocycles. The molecule has 29 heavy (non-hydrogen) atoms. The minimum absolute atomic E-state index is 0.200. The second kappa shape index (κ2) is 10.3. The maximum atomic E-state index is 12.7. The Bertz CT molecular complexity index is 963. The van der Waals surface area contributed by atoms with Crippen LogP contribution in [0.15, 0.2) is 78.0 Å². The van der Waals surface area contributed by atoms with E-state index in [1.807, 2.05) is 25.1 Å². The van der Waals surface area contributed by atoms with Crippen LogP contribution in [0.5, 0.6) is 5.75 Å². The Kier molecular flexibility index (Phi) is 7.24. The van der Waals surface area contributed by atoms with Crippen molar-refractivity contribution in [3.8, 4) is 5.75 Å². The van der Waals surface area contributed by atoms with E-state index in [9.17, 15) is 9.59 Å². The van der Waals surface area contributed by atoms with Gasteiger partial charge in [0.05, 0.1) is 28.6 Å². The van der Waals surface area contributed by atoms with Crippen LogP contribution in [0.4, 0.5) is 11.4 Å². The third-order valence-electron chi connectivity index (χ3n) is 3.86. The quantitative estimate of drug-likeness (QED) is 0.539. The van der Waals surface area contributed by atoms with Gasteiger partial charge in [-0.05, 0) is 55.5 Å². The number of hydrogen-bond donors (Lipinski definition) is 2. The first-order chi connectivity index (χ1) is 14.2. The maximum absolute atomic E-state index is 12.7. The first-order valence-electron chi connectivity index (χ1n) is 9.12. The number of benzene rings is 2. The van der Waals surface area contributed by atoms with Crippen LogP contribution in [-0.2, 0) is 4.79 Å². The van der Waals surface area contributed by atoms with Crippen molar-refractivity contribution >= 4 is 35.0 Å². The normalized spacial score (nSPS) is 10.2. The van der Waals surface area contributed by atoms with Crippen LogP contribution in [-0.4, -0.2) is 29.2 Å². The predicted octanol–water partition coefficient (Wildman–Crippen LogP) is 4.46. The number of thioether (sulfide) groups is 1. The number of pyridine rings is 1. The molecule has 1 heterocycles. The molecule has 0 fully saturated rings. The molecule has 0 unspecified atom stereocenters. The number of carbonyl (C=O) groups is 2. The van der Waals surface area contributed by atoms with E-state index in [4.69, 9.17) is 4.74 Å². The number of anilines is 2. The van der Waals surface area contributed by atoms with Gasteiger partial charge in [0, 0.05) is 11.9 Å². The minimum Gasteiger partial charge on any atom is -0.494 e. The second-order valence-corrected chi connectivity index (χ2v) is 6.96. The lowest BCUT2D eigenvalue weighted by atomic mass is 10.1. The summed E-state index contributed by atoms with van der Waals surface area (Å²) in [5.41, 5.74) is 1.49. The van der Waals surface area contributed by atoms with Crippen molar-refractivity contribution in [1.29, 1.82) is 0 Å². The topological polar surface area (TPSA) is 80.3 Å². The van der Waals surface area contributed by atoms with Gasteiger partial charge in [0.1, 0.15) is 5.75 Å². The van der Waals surface area contributed by atoms with Crippen LogP contribution in [0.2, 0.25) is 0 Å². The number of nitrogens with zero attached hydrogens (tertiary/aromatic N) is 1. The van der Waals surface area contributed by atoms with E-state index in [0.717, 1.165) is 10.8 Å². The zero-order chi connectivity index (χ0) is 20.5. The summed E-state index contributed by atoms with van der Waals surface area (Å²) >= 11 is 1.33. The number of aromatic nitrogens is 1. The summed E-state index contributed by atoms with van der Waals surface area (Å²) in [5, 5.41) is 6.41. The first kappa shape index (κ1) is 20.4. The van der Waals surface area contributed by atoms with Crippen LogP contribution >= 0.6 is 11.8 Å². The summed E-state index contributed by atoms with van der Waals surface area (Å²) < 4.78 is 5.40. The fourth-order valence-electron chi connectivity index (χ4n) is 2.55. The van der Waals surface area contributed by atoms with Crippen LogP contribution < -0.4 is 15.4 Å². The molecule has 0 bridgehead atoms. The summed E-state index contributed by atoms with van der Waals surface area (Å²) in [7, 11) is 0. The van der Waals surface area contributed by atoms with Gasteiger partial charge >= 0.3 is 0 Å². The van der Waals surface area contributed by atoms with Gasteiger partial charge in [-0.3, -0.25) is 9.59 Å². The minimum atomic E-state index is -0.303. The van der Waals surface area contributed by atoms with E-state index in [0.29, 0.717) is 23.5 Å². The summed E-state index contributed by atoms with van der Waals surface area (Å²) in [5.74, 6) is 0.430. The molecule has 7 heteroatoms. The monoisotopic (exact) mass is 407 g/mol. The van der Waals surface area contributed by atoms with Crippen molar-refractivity contribution in [2.45, 2.75) is 11.9 Å². The Balaban J connectivity index is 1.63. The van der Waals surface area contributed by atoms with Crippen LogP contribution in [0.25, 0.3) is 0 Å². The van der Waals surface area contributed by atoms with Gasteiger partial charge in [-0.2, -0.15) is 0 Å². The van der Waals surface area contributed by atoms with Gasteiger partial charge in [0.15, 0.2) is 0 Å². The Morgan fingerprint density at radius 1 is 0.966 bits per heavy atom. The molecule has 0 saturated carbocycles. The number of ether oxygens (including phenoxy) is 1. The molecule has 3 rings (SSSR count). The molecular formula is C22H21N3O3S. The van der Waals surface area contributed by atoms with Crippen molar-refractivity contribution in [2.24, 2.45) is 0 Å². The van der Waals surface area contributed by atoms with E-state index in [1.54, 1.807) is 54.7 Å². The van der Waals surface area contributed by atoms with Crippen molar-refractivity contribution in [3.05, 3.63) is 78.5 Å². The van der Waals surface area contributed by atoms with Gasteiger partial charge in [-0.1, -0.05) is 30.0 Å². The molecule has 2 aromatic carbocycles. The lowest BCUT2D eigenvalue weighted by Crippen LogP contribution is -2.19. The Morgan fingerprint density at radius 2 is 1.72 bits per heavy atom. The van der Waals surface area contributed by atoms with E-state index in [1.165, 1.54) is 11.8 Å². The average Bonchev–Trinajstić information content (AvgIpc) is 2.75. The number of amides is 2. The fourth-order valence-corrected chi connectivity index (χ4v) is 3.21. The zero-order valence-electron chi connectivity index (χ0n) is 15.9.